The predicted octanol–water partition coefficient (Wildman–Crippen LogP) is 4.15. The molecule has 142 valence electrons. The summed E-state index contributed by atoms with van der Waals surface area (Å²) >= 11 is 0. The maximum absolute atomic E-state index is 12.0. The Kier molecular flexibility index (Phi) is 7.50. The van der Waals surface area contributed by atoms with Crippen molar-refractivity contribution in [2.24, 2.45) is 0 Å². The van der Waals surface area contributed by atoms with Gasteiger partial charge in [0, 0.05) is 18.2 Å². The van der Waals surface area contributed by atoms with Gasteiger partial charge in [-0.25, -0.2) is 0 Å². The van der Waals surface area contributed by atoms with Crippen LogP contribution < -0.4 is 19.5 Å². The molecule has 6 heteroatoms. The van der Waals surface area contributed by atoms with Gasteiger partial charge in [-0.1, -0.05) is 0 Å². The highest BCUT2D eigenvalue weighted by Gasteiger charge is 2.07. The van der Waals surface area contributed by atoms with E-state index in [9.17, 15) is 4.79 Å². The van der Waals surface area contributed by atoms with Gasteiger partial charge in [-0.2, -0.15) is 5.26 Å². The monoisotopic (exact) mass is 368 g/mol. The Balaban J connectivity index is 1.76. The largest absolute Gasteiger partial charge is 0.493 e. The molecule has 2 rings (SSSR count). The molecule has 0 aliphatic carbocycles. The molecule has 0 radical (unpaired) electrons. The van der Waals surface area contributed by atoms with Crippen LogP contribution in [0.3, 0.4) is 0 Å². The Hall–Kier alpha value is -3.20. The third-order valence-electron chi connectivity index (χ3n) is 3.61. The molecule has 0 spiro atoms. The van der Waals surface area contributed by atoms with Crippen LogP contribution >= 0.6 is 0 Å². The van der Waals surface area contributed by atoms with E-state index in [2.05, 4.69) is 11.4 Å². The molecule has 0 aliphatic heterocycles. The van der Waals surface area contributed by atoms with Gasteiger partial charge >= 0.3 is 0 Å². The minimum absolute atomic E-state index is 0.0806. The van der Waals surface area contributed by atoms with Crippen LogP contribution in [0.5, 0.6) is 17.2 Å². The van der Waals surface area contributed by atoms with Crippen LogP contribution in [0.1, 0.15) is 32.3 Å². The smallest absolute Gasteiger partial charge is 0.224 e. The summed E-state index contributed by atoms with van der Waals surface area (Å²) in [7, 11) is 1.52. The number of rotatable bonds is 9. The Morgan fingerprint density at radius 1 is 1.15 bits per heavy atom. The molecule has 2 aromatic carbocycles. The average Bonchev–Trinajstić information content (AvgIpc) is 2.66. The molecular weight excluding hydrogens is 344 g/mol. The lowest BCUT2D eigenvalue weighted by molar-refractivity contribution is -0.116. The number of carbonyl (C=O) groups excluding carboxylic acids is 1. The van der Waals surface area contributed by atoms with Crippen molar-refractivity contribution >= 4 is 11.6 Å². The summed E-state index contributed by atoms with van der Waals surface area (Å²) < 4.78 is 16.4. The maximum Gasteiger partial charge on any atom is 0.224 e. The van der Waals surface area contributed by atoms with Gasteiger partial charge in [0.05, 0.1) is 31.5 Å². The Morgan fingerprint density at radius 3 is 2.52 bits per heavy atom. The van der Waals surface area contributed by atoms with Crippen molar-refractivity contribution in [1.29, 1.82) is 5.26 Å². The van der Waals surface area contributed by atoms with Crippen LogP contribution in [0, 0.1) is 11.3 Å². The first kappa shape index (κ1) is 20.1. The van der Waals surface area contributed by atoms with E-state index >= 15 is 0 Å². The molecule has 0 saturated heterocycles. The van der Waals surface area contributed by atoms with Crippen molar-refractivity contribution in [3.63, 3.8) is 0 Å². The Labute approximate surface area is 159 Å². The van der Waals surface area contributed by atoms with Crippen LogP contribution in [0.25, 0.3) is 0 Å². The Bertz CT molecular complexity index is 795. The van der Waals surface area contributed by atoms with Gasteiger partial charge in [-0.3, -0.25) is 4.79 Å². The number of nitriles is 1. The molecular formula is C21H24N2O4. The van der Waals surface area contributed by atoms with Gasteiger partial charge in [0.1, 0.15) is 5.75 Å². The first-order chi connectivity index (χ1) is 13.0. The maximum atomic E-state index is 12.0. The van der Waals surface area contributed by atoms with Crippen LogP contribution in [0.4, 0.5) is 5.69 Å². The van der Waals surface area contributed by atoms with Gasteiger partial charge < -0.3 is 19.5 Å². The molecule has 27 heavy (non-hydrogen) atoms. The van der Waals surface area contributed by atoms with Crippen molar-refractivity contribution in [3.8, 4) is 23.3 Å². The fraction of sp³-hybridized carbons (Fsp3) is 0.333. The number of hydrogen-bond donors (Lipinski definition) is 1. The second kappa shape index (κ2) is 10.1. The number of amides is 1. The standard InChI is InChI=1S/C21H24N2O4/c1-15(2)27-18-9-7-17(8-10-18)23-21(24)5-4-12-26-19-11-6-16(14-22)13-20(19)25-3/h6-11,13,15H,4-5,12H2,1-3H3,(H,23,24). The summed E-state index contributed by atoms with van der Waals surface area (Å²) in [5.41, 5.74) is 1.23. The molecule has 0 unspecified atom stereocenters. The number of hydrogen-bond acceptors (Lipinski definition) is 5. The zero-order valence-corrected chi connectivity index (χ0v) is 15.8. The van der Waals surface area contributed by atoms with Crippen LogP contribution in [0.2, 0.25) is 0 Å². The zero-order chi connectivity index (χ0) is 19.6. The molecule has 0 aromatic heterocycles. The highest BCUT2D eigenvalue weighted by atomic mass is 16.5. The lowest BCUT2D eigenvalue weighted by Crippen LogP contribution is -2.13. The van der Waals surface area contributed by atoms with Gasteiger partial charge in [-0.05, 0) is 56.7 Å². The molecule has 0 saturated carbocycles. The minimum Gasteiger partial charge on any atom is -0.493 e. The third-order valence-corrected chi connectivity index (χ3v) is 3.61. The average molecular weight is 368 g/mol. The quantitative estimate of drug-likeness (QED) is 0.673. The van der Waals surface area contributed by atoms with Gasteiger partial charge in [0.25, 0.3) is 0 Å². The number of methoxy groups -OCH3 is 1. The van der Waals surface area contributed by atoms with Crippen molar-refractivity contribution in [3.05, 3.63) is 48.0 Å². The molecule has 2 aromatic rings. The normalized spacial score (nSPS) is 10.2. The summed E-state index contributed by atoms with van der Waals surface area (Å²) in [6, 6.07) is 14.3. The van der Waals surface area contributed by atoms with Crippen molar-refractivity contribution in [2.75, 3.05) is 19.0 Å². The summed E-state index contributed by atoms with van der Waals surface area (Å²) in [5.74, 6) is 1.75. The van der Waals surface area contributed by atoms with Crippen LogP contribution in [-0.2, 0) is 4.79 Å². The molecule has 0 atom stereocenters. The Morgan fingerprint density at radius 2 is 1.89 bits per heavy atom. The first-order valence-electron chi connectivity index (χ1n) is 8.79. The van der Waals surface area contributed by atoms with E-state index in [4.69, 9.17) is 19.5 Å². The third kappa shape index (κ3) is 6.55. The fourth-order valence-electron chi connectivity index (χ4n) is 2.38. The van der Waals surface area contributed by atoms with E-state index in [0.717, 1.165) is 11.4 Å². The van der Waals surface area contributed by atoms with E-state index in [0.29, 0.717) is 36.5 Å². The van der Waals surface area contributed by atoms with Gasteiger partial charge in [-0.15, -0.1) is 0 Å². The molecule has 0 bridgehead atoms. The van der Waals surface area contributed by atoms with E-state index < -0.39 is 0 Å². The van der Waals surface area contributed by atoms with Crippen LogP contribution in [0.15, 0.2) is 42.5 Å². The van der Waals surface area contributed by atoms with Gasteiger partial charge in [0.2, 0.25) is 5.91 Å². The fourth-order valence-corrected chi connectivity index (χ4v) is 2.38. The number of carbonyl (C=O) groups is 1. The van der Waals surface area contributed by atoms with Crippen LogP contribution in [-0.4, -0.2) is 25.7 Å². The molecule has 0 heterocycles. The number of nitrogens with zero attached hydrogens (tertiary/aromatic N) is 1. The zero-order valence-electron chi connectivity index (χ0n) is 15.8. The SMILES string of the molecule is COc1cc(C#N)ccc1OCCCC(=O)Nc1ccc(OC(C)C)cc1. The first-order valence-corrected chi connectivity index (χ1v) is 8.79. The predicted molar refractivity (Wildman–Crippen MR) is 103 cm³/mol. The number of anilines is 1. The number of benzene rings is 2. The summed E-state index contributed by atoms with van der Waals surface area (Å²) in [6.45, 7) is 4.30. The van der Waals surface area contributed by atoms with Gasteiger partial charge in [0.15, 0.2) is 11.5 Å². The highest BCUT2D eigenvalue weighted by molar-refractivity contribution is 5.90. The van der Waals surface area contributed by atoms with E-state index in [-0.39, 0.29) is 12.0 Å². The summed E-state index contributed by atoms with van der Waals surface area (Å²) in [6.07, 6.45) is 1.01. The second-order valence-electron chi connectivity index (χ2n) is 6.17. The molecule has 1 amide bonds. The highest BCUT2D eigenvalue weighted by Crippen LogP contribution is 2.28. The molecule has 6 nitrogen and oxygen atoms in total. The van der Waals surface area contributed by atoms with E-state index in [1.54, 1.807) is 18.2 Å². The number of ether oxygens (including phenoxy) is 3. The molecule has 0 aliphatic rings. The molecule has 1 N–H and O–H groups in total. The minimum atomic E-state index is -0.0806. The lowest BCUT2D eigenvalue weighted by Gasteiger charge is -2.11. The van der Waals surface area contributed by atoms with Crippen molar-refractivity contribution < 1.29 is 19.0 Å². The van der Waals surface area contributed by atoms with Crippen molar-refractivity contribution in [1.82, 2.24) is 0 Å². The van der Waals surface area contributed by atoms with E-state index in [1.165, 1.54) is 7.11 Å². The summed E-state index contributed by atoms with van der Waals surface area (Å²) in [4.78, 5) is 12.0. The lowest BCUT2D eigenvalue weighted by atomic mass is 10.2. The topological polar surface area (TPSA) is 80.6 Å². The number of nitrogens with one attached hydrogen (secondary N) is 1. The molecule has 0 fully saturated rings. The summed E-state index contributed by atoms with van der Waals surface area (Å²) in [5, 5.41) is 11.7. The van der Waals surface area contributed by atoms with E-state index in [1.807, 2.05) is 38.1 Å². The van der Waals surface area contributed by atoms with Crippen molar-refractivity contribution in [2.45, 2.75) is 32.8 Å². The second-order valence-corrected chi connectivity index (χ2v) is 6.17.